The molecule has 24 heavy (non-hydrogen) atoms. The van der Waals surface area contributed by atoms with Gasteiger partial charge in [-0.3, -0.25) is 9.36 Å². The summed E-state index contributed by atoms with van der Waals surface area (Å²) in [6, 6.07) is 5.09. The van der Waals surface area contributed by atoms with Crippen LogP contribution in [0.25, 0.3) is 11.1 Å². The lowest BCUT2D eigenvalue weighted by molar-refractivity contribution is -0.130. The standard InChI is InChI=1S/C17H22N2O5/c1-11(23-10-13-5-3-4-8-22-13)16(20)18-12-6-7-14-15(9-12)24-17(21)19(14)2/h6-7,9,11,13H,3-5,8,10H2,1-2H3,(H,18,20)/t11-,13-/m0/s1. The van der Waals surface area contributed by atoms with Crippen molar-refractivity contribution in [3.8, 4) is 0 Å². The SMILES string of the molecule is C[C@H](OC[C@@H]1CCCCO1)C(=O)Nc1ccc2c(c1)oc(=O)n2C. The minimum Gasteiger partial charge on any atom is -0.408 e. The van der Waals surface area contributed by atoms with Gasteiger partial charge in [0.25, 0.3) is 5.91 Å². The number of rotatable bonds is 5. The van der Waals surface area contributed by atoms with Crippen molar-refractivity contribution in [2.45, 2.75) is 38.4 Å². The number of oxazole rings is 1. The first-order valence-corrected chi connectivity index (χ1v) is 8.18. The van der Waals surface area contributed by atoms with E-state index in [4.69, 9.17) is 13.9 Å². The summed E-state index contributed by atoms with van der Waals surface area (Å²) in [6.07, 6.45) is 2.68. The number of hydrogen-bond donors (Lipinski definition) is 1. The summed E-state index contributed by atoms with van der Waals surface area (Å²) in [5.74, 6) is -0.680. The van der Waals surface area contributed by atoms with E-state index >= 15 is 0 Å². The third-order valence-electron chi connectivity index (χ3n) is 4.24. The molecule has 0 radical (unpaired) electrons. The number of aromatic nitrogens is 1. The van der Waals surface area contributed by atoms with Gasteiger partial charge in [0.15, 0.2) is 5.58 Å². The Bertz CT molecular complexity index is 773. The third kappa shape index (κ3) is 3.68. The van der Waals surface area contributed by atoms with E-state index in [-0.39, 0.29) is 12.0 Å². The summed E-state index contributed by atoms with van der Waals surface area (Å²) >= 11 is 0. The summed E-state index contributed by atoms with van der Waals surface area (Å²) in [5, 5.41) is 2.77. The Balaban J connectivity index is 1.58. The smallest absolute Gasteiger partial charge is 0.408 e. The fourth-order valence-electron chi connectivity index (χ4n) is 2.72. The second-order valence-electron chi connectivity index (χ2n) is 6.06. The van der Waals surface area contributed by atoms with Crippen molar-refractivity contribution in [3.05, 3.63) is 28.7 Å². The van der Waals surface area contributed by atoms with E-state index in [2.05, 4.69) is 5.32 Å². The van der Waals surface area contributed by atoms with E-state index < -0.39 is 11.9 Å². The number of nitrogens with one attached hydrogen (secondary N) is 1. The van der Waals surface area contributed by atoms with Crippen LogP contribution in [0, 0.1) is 0 Å². The van der Waals surface area contributed by atoms with E-state index in [1.54, 1.807) is 32.2 Å². The highest BCUT2D eigenvalue weighted by atomic mass is 16.5. The number of carbonyl (C=O) groups excluding carboxylic acids is 1. The van der Waals surface area contributed by atoms with E-state index in [1.165, 1.54) is 4.57 Å². The van der Waals surface area contributed by atoms with Gasteiger partial charge in [-0.25, -0.2) is 4.79 Å². The molecule has 1 aliphatic heterocycles. The van der Waals surface area contributed by atoms with Crippen molar-refractivity contribution in [2.75, 3.05) is 18.5 Å². The highest BCUT2D eigenvalue weighted by Gasteiger charge is 2.19. The zero-order valence-electron chi connectivity index (χ0n) is 13.9. The molecule has 0 bridgehead atoms. The normalized spacial score (nSPS) is 19.3. The van der Waals surface area contributed by atoms with Crippen molar-refractivity contribution >= 4 is 22.7 Å². The molecule has 7 heteroatoms. The average Bonchev–Trinajstić information content (AvgIpc) is 2.87. The van der Waals surface area contributed by atoms with E-state index in [1.807, 2.05) is 0 Å². The Morgan fingerprint density at radius 3 is 3.04 bits per heavy atom. The minimum absolute atomic E-state index is 0.0731. The van der Waals surface area contributed by atoms with Gasteiger partial charge in [-0.15, -0.1) is 0 Å². The van der Waals surface area contributed by atoms with Crippen LogP contribution in [-0.2, 0) is 21.3 Å². The molecule has 1 aromatic heterocycles. The molecule has 1 amide bonds. The number of benzene rings is 1. The number of aryl methyl sites for hydroxylation is 1. The molecule has 1 aromatic carbocycles. The Labute approximate surface area is 139 Å². The van der Waals surface area contributed by atoms with Crippen molar-refractivity contribution in [2.24, 2.45) is 7.05 Å². The third-order valence-corrected chi connectivity index (χ3v) is 4.24. The molecule has 0 aliphatic carbocycles. The maximum atomic E-state index is 12.2. The molecular weight excluding hydrogens is 312 g/mol. The van der Waals surface area contributed by atoms with Gasteiger partial charge in [0.05, 0.1) is 18.2 Å². The summed E-state index contributed by atoms with van der Waals surface area (Å²) < 4.78 is 17.7. The van der Waals surface area contributed by atoms with Gasteiger partial charge in [-0.1, -0.05) is 0 Å². The molecule has 3 rings (SSSR count). The predicted molar refractivity (Wildman–Crippen MR) is 89.1 cm³/mol. The Hall–Kier alpha value is -2.12. The van der Waals surface area contributed by atoms with E-state index in [0.717, 1.165) is 25.9 Å². The first-order chi connectivity index (χ1) is 11.5. The van der Waals surface area contributed by atoms with E-state index in [9.17, 15) is 9.59 Å². The molecule has 2 aromatic rings. The number of carbonyl (C=O) groups is 1. The van der Waals surface area contributed by atoms with Gasteiger partial charge < -0.3 is 19.2 Å². The second-order valence-corrected chi connectivity index (χ2v) is 6.06. The summed E-state index contributed by atoms with van der Waals surface area (Å²) in [6.45, 7) is 2.89. The zero-order chi connectivity index (χ0) is 17.1. The van der Waals surface area contributed by atoms with Crippen LogP contribution in [0.5, 0.6) is 0 Å². The van der Waals surface area contributed by atoms with Gasteiger partial charge in [0, 0.05) is 25.4 Å². The quantitative estimate of drug-likeness (QED) is 0.905. The molecule has 7 nitrogen and oxygen atoms in total. The zero-order valence-corrected chi connectivity index (χ0v) is 13.9. The lowest BCUT2D eigenvalue weighted by Crippen LogP contribution is -2.32. The lowest BCUT2D eigenvalue weighted by Gasteiger charge is -2.23. The molecule has 2 heterocycles. The maximum absolute atomic E-state index is 12.2. The lowest BCUT2D eigenvalue weighted by atomic mass is 10.1. The molecule has 2 atom stereocenters. The Kier molecular flexibility index (Phi) is 5.01. The van der Waals surface area contributed by atoms with Crippen molar-refractivity contribution < 1.29 is 18.7 Å². The molecule has 1 aliphatic rings. The number of anilines is 1. The molecule has 0 saturated carbocycles. The Morgan fingerprint density at radius 1 is 1.46 bits per heavy atom. The van der Waals surface area contributed by atoms with Crippen LogP contribution in [0.3, 0.4) is 0 Å². The van der Waals surface area contributed by atoms with Crippen LogP contribution in [0.1, 0.15) is 26.2 Å². The molecule has 1 N–H and O–H groups in total. The first-order valence-electron chi connectivity index (χ1n) is 8.18. The molecule has 0 unspecified atom stereocenters. The maximum Gasteiger partial charge on any atom is 0.419 e. The number of hydrogen-bond acceptors (Lipinski definition) is 5. The predicted octanol–water partition coefficient (Wildman–Crippen LogP) is 2.04. The summed E-state index contributed by atoms with van der Waals surface area (Å²) in [5.41, 5.74) is 1.67. The highest BCUT2D eigenvalue weighted by Crippen LogP contribution is 2.18. The number of nitrogens with zero attached hydrogens (tertiary/aromatic N) is 1. The largest absolute Gasteiger partial charge is 0.419 e. The van der Waals surface area contributed by atoms with Crippen LogP contribution in [0.4, 0.5) is 5.69 Å². The summed E-state index contributed by atoms with van der Waals surface area (Å²) in [7, 11) is 1.63. The van der Waals surface area contributed by atoms with Gasteiger partial charge >= 0.3 is 5.76 Å². The van der Waals surface area contributed by atoms with Crippen LogP contribution in [-0.4, -0.2) is 35.9 Å². The molecular formula is C17H22N2O5. The van der Waals surface area contributed by atoms with E-state index in [0.29, 0.717) is 23.4 Å². The fraction of sp³-hybridized carbons (Fsp3) is 0.529. The first kappa shape index (κ1) is 16.7. The van der Waals surface area contributed by atoms with Crippen LogP contribution in [0.15, 0.2) is 27.4 Å². The van der Waals surface area contributed by atoms with Gasteiger partial charge in [-0.05, 0) is 38.3 Å². The van der Waals surface area contributed by atoms with Gasteiger partial charge in [0.1, 0.15) is 6.10 Å². The number of fused-ring (bicyclic) bond motifs is 1. The topological polar surface area (TPSA) is 82.7 Å². The average molecular weight is 334 g/mol. The second kappa shape index (κ2) is 7.19. The van der Waals surface area contributed by atoms with Crippen molar-refractivity contribution in [1.82, 2.24) is 4.57 Å². The number of ether oxygens (including phenoxy) is 2. The van der Waals surface area contributed by atoms with Crippen LogP contribution >= 0.6 is 0 Å². The van der Waals surface area contributed by atoms with Crippen LogP contribution in [0.2, 0.25) is 0 Å². The Morgan fingerprint density at radius 2 is 2.29 bits per heavy atom. The monoisotopic (exact) mass is 334 g/mol. The summed E-state index contributed by atoms with van der Waals surface area (Å²) in [4.78, 5) is 23.7. The molecule has 0 spiro atoms. The van der Waals surface area contributed by atoms with Crippen LogP contribution < -0.4 is 11.1 Å². The number of amides is 1. The van der Waals surface area contributed by atoms with Crippen molar-refractivity contribution in [3.63, 3.8) is 0 Å². The van der Waals surface area contributed by atoms with Gasteiger partial charge in [0.2, 0.25) is 0 Å². The highest BCUT2D eigenvalue weighted by molar-refractivity contribution is 5.95. The molecule has 130 valence electrons. The molecule has 1 fully saturated rings. The van der Waals surface area contributed by atoms with Crippen molar-refractivity contribution in [1.29, 1.82) is 0 Å². The minimum atomic E-state index is -0.589. The molecule has 1 saturated heterocycles. The fourth-order valence-corrected chi connectivity index (χ4v) is 2.72. The van der Waals surface area contributed by atoms with Gasteiger partial charge in [-0.2, -0.15) is 0 Å².